The fraction of sp³-hybridized carbons (Fsp3) is 0.118. The molecule has 0 atom stereocenters. The fourth-order valence-electron chi connectivity index (χ4n) is 2.22. The summed E-state index contributed by atoms with van der Waals surface area (Å²) >= 11 is 3.31. The Hall–Kier alpha value is -2.47. The van der Waals surface area contributed by atoms with Gasteiger partial charge in [0.05, 0.1) is 16.5 Å². The lowest BCUT2D eigenvalue weighted by molar-refractivity contribution is 0.0462. The number of benzene rings is 2. The van der Waals surface area contributed by atoms with Gasteiger partial charge in [0, 0.05) is 4.47 Å². The highest BCUT2D eigenvalue weighted by atomic mass is 79.9. The molecule has 2 aromatic carbocycles. The molecule has 116 valence electrons. The SMILES string of the molecule is Cc1cccc2c(=O)[nH]c(COC(=O)c3ccc(Br)cc3)nc12. The van der Waals surface area contributed by atoms with Gasteiger partial charge in [-0.3, -0.25) is 4.79 Å². The first-order chi connectivity index (χ1) is 11.0. The van der Waals surface area contributed by atoms with Crippen LogP contribution in [-0.4, -0.2) is 15.9 Å². The molecular weight excluding hydrogens is 360 g/mol. The summed E-state index contributed by atoms with van der Waals surface area (Å²) in [5.41, 5.74) is 1.71. The maximum Gasteiger partial charge on any atom is 0.338 e. The zero-order valence-electron chi connectivity index (χ0n) is 12.3. The Bertz CT molecular complexity index is 933. The molecule has 0 fully saturated rings. The molecule has 0 saturated heterocycles. The van der Waals surface area contributed by atoms with Crippen LogP contribution >= 0.6 is 15.9 Å². The van der Waals surface area contributed by atoms with Gasteiger partial charge in [0.25, 0.3) is 5.56 Å². The van der Waals surface area contributed by atoms with E-state index in [9.17, 15) is 9.59 Å². The normalized spacial score (nSPS) is 10.7. The number of rotatable bonds is 3. The van der Waals surface area contributed by atoms with Crippen molar-refractivity contribution in [3.05, 3.63) is 74.2 Å². The molecule has 0 unspecified atom stereocenters. The Labute approximate surface area is 140 Å². The van der Waals surface area contributed by atoms with E-state index < -0.39 is 5.97 Å². The molecule has 1 heterocycles. The number of nitrogens with one attached hydrogen (secondary N) is 1. The van der Waals surface area contributed by atoms with Crippen LogP contribution in [0.4, 0.5) is 0 Å². The first kappa shape index (κ1) is 15.4. The van der Waals surface area contributed by atoms with Crippen molar-refractivity contribution in [2.24, 2.45) is 0 Å². The van der Waals surface area contributed by atoms with Crippen molar-refractivity contribution in [1.29, 1.82) is 0 Å². The van der Waals surface area contributed by atoms with E-state index in [0.29, 0.717) is 22.3 Å². The average molecular weight is 373 g/mol. The molecule has 5 nitrogen and oxygen atoms in total. The van der Waals surface area contributed by atoms with Gasteiger partial charge in [0.2, 0.25) is 0 Å². The largest absolute Gasteiger partial charge is 0.454 e. The Morgan fingerprint density at radius 1 is 1.22 bits per heavy atom. The summed E-state index contributed by atoms with van der Waals surface area (Å²) in [6.45, 7) is 1.79. The number of aromatic amines is 1. The molecule has 0 aliphatic heterocycles. The lowest BCUT2D eigenvalue weighted by atomic mass is 10.1. The number of aromatic nitrogens is 2. The number of halogens is 1. The molecule has 0 aliphatic rings. The maximum absolute atomic E-state index is 12.1. The van der Waals surface area contributed by atoms with Gasteiger partial charge in [-0.05, 0) is 42.8 Å². The molecule has 0 aliphatic carbocycles. The molecule has 3 rings (SSSR count). The Balaban J connectivity index is 1.82. The minimum atomic E-state index is -0.468. The third-order valence-electron chi connectivity index (χ3n) is 3.41. The van der Waals surface area contributed by atoms with Crippen LogP contribution in [0.3, 0.4) is 0 Å². The lowest BCUT2D eigenvalue weighted by Crippen LogP contribution is -2.15. The number of hydrogen-bond acceptors (Lipinski definition) is 4. The number of ether oxygens (including phenoxy) is 1. The highest BCUT2D eigenvalue weighted by Crippen LogP contribution is 2.14. The van der Waals surface area contributed by atoms with Gasteiger partial charge in [-0.2, -0.15) is 0 Å². The summed E-state index contributed by atoms with van der Waals surface area (Å²) < 4.78 is 6.09. The molecule has 3 aromatic rings. The van der Waals surface area contributed by atoms with Crippen LogP contribution in [0.15, 0.2) is 51.7 Å². The van der Waals surface area contributed by atoms with Crippen molar-refractivity contribution >= 4 is 32.8 Å². The quantitative estimate of drug-likeness (QED) is 0.715. The molecule has 23 heavy (non-hydrogen) atoms. The van der Waals surface area contributed by atoms with E-state index >= 15 is 0 Å². The molecule has 0 spiro atoms. The molecule has 0 radical (unpaired) electrons. The number of carbonyl (C=O) groups is 1. The number of H-pyrrole nitrogens is 1. The minimum Gasteiger partial charge on any atom is -0.454 e. The lowest BCUT2D eigenvalue weighted by Gasteiger charge is -2.06. The van der Waals surface area contributed by atoms with Crippen LogP contribution in [0.2, 0.25) is 0 Å². The molecular formula is C17H13BrN2O3. The van der Waals surface area contributed by atoms with Gasteiger partial charge in [0.15, 0.2) is 0 Å². The van der Waals surface area contributed by atoms with E-state index in [4.69, 9.17) is 4.74 Å². The van der Waals surface area contributed by atoms with Crippen molar-refractivity contribution in [2.45, 2.75) is 13.5 Å². The van der Waals surface area contributed by atoms with Crippen molar-refractivity contribution in [2.75, 3.05) is 0 Å². The second kappa shape index (κ2) is 6.34. The van der Waals surface area contributed by atoms with Gasteiger partial charge >= 0.3 is 5.97 Å². The topological polar surface area (TPSA) is 72.1 Å². The summed E-state index contributed by atoms with van der Waals surface area (Å²) in [5.74, 6) is -0.146. The summed E-state index contributed by atoms with van der Waals surface area (Å²) in [5, 5.41) is 0.521. The van der Waals surface area contributed by atoms with Crippen LogP contribution in [0.5, 0.6) is 0 Å². The number of aryl methyl sites for hydroxylation is 1. The third kappa shape index (κ3) is 3.32. The molecule has 1 N–H and O–H groups in total. The Morgan fingerprint density at radius 2 is 1.96 bits per heavy atom. The monoisotopic (exact) mass is 372 g/mol. The van der Waals surface area contributed by atoms with Crippen LogP contribution in [0, 0.1) is 6.92 Å². The predicted molar refractivity (Wildman–Crippen MR) is 90.4 cm³/mol. The molecule has 0 bridgehead atoms. The smallest absolute Gasteiger partial charge is 0.338 e. The number of para-hydroxylation sites is 1. The second-order valence-electron chi connectivity index (χ2n) is 5.07. The van der Waals surface area contributed by atoms with Gasteiger partial charge in [0.1, 0.15) is 12.4 Å². The van der Waals surface area contributed by atoms with Crippen molar-refractivity contribution in [3.8, 4) is 0 Å². The highest BCUT2D eigenvalue weighted by molar-refractivity contribution is 9.10. The molecule has 0 saturated carbocycles. The number of fused-ring (bicyclic) bond motifs is 1. The van der Waals surface area contributed by atoms with Crippen LogP contribution < -0.4 is 5.56 Å². The zero-order valence-corrected chi connectivity index (χ0v) is 13.9. The van der Waals surface area contributed by atoms with Crippen LogP contribution in [0.1, 0.15) is 21.7 Å². The number of hydrogen-bond donors (Lipinski definition) is 1. The van der Waals surface area contributed by atoms with E-state index in [1.165, 1.54) is 0 Å². The standard InChI is InChI=1S/C17H13BrN2O3/c1-10-3-2-4-13-15(10)19-14(20-16(13)21)9-23-17(22)11-5-7-12(18)8-6-11/h2-8H,9H2,1H3,(H,19,20,21). The summed E-state index contributed by atoms with van der Waals surface area (Å²) in [7, 11) is 0. The van der Waals surface area contributed by atoms with Crippen molar-refractivity contribution in [3.63, 3.8) is 0 Å². The number of nitrogens with zero attached hydrogens (tertiary/aromatic N) is 1. The van der Waals surface area contributed by atoms with Crippen LogP contribution in [0.25, 0.3) is 10.9 Å². The van der Waals surface area contributed by atoms with Crippen molar-refractivity contribution < 1.29 is 9.53 Å². The van der Waals surface area contributed by atoms with Gasteiger partial charge < -0.3 is 9.72 Å². The number of esters is 1. The maximum atomic E-state index is 12.1. The number of carbonyl (C=O) groups excluding carboxylic acids is 1. The first-order valence-corrected chi connectivity index (χ1v) is 7.75. The zero-order chi connectivity index (χ0) is 16.4. The fourth-order valence-corrected chi connectivity index (χ4v) is 2.49. The van der Waals surface area contributed by atoms with Crippen molar-refractivity contribution in [1.82, 2.24) is 9.97 Å². The van der Waals surface area contributed by atoms with Gasteiger partial charge in [-0.25, -0.2) is 9.78 Å². The van der Waals surface area contributed by atoms with Gasteiger partial charge in [-0.15, -0.1) is 0 Å². The Kier molecular flexibility index (Phi) is 4.25. The summed E-state index contributed by atoms with van der Waals surface area (Å²) in [6, 6.07) is 12.2. The van der Waals surface area contributed by atoms with E-state index in [-0.39, 0.29) is 12.2 Å². The van der Waals surface area contributed by atoms with Gasteiger partial charge in [-0.1, -0.05) is 28.1 Å². The van der Waals surface area contributed by atoms with E-state index in [1.54, 1.807) is 30.3 Å². The van der Waals surface area contributed by atoms with E-state index in [1.807, 2.05) is 19.1 Å². The van der Waals surface area contributed by atoms with E-state index in [2.05, 4.69) is 25.9 Å². The van der Waals surface area contributed by atoms with E-state index in [0.717, 1.165) is 10.0 Å². The molecule has 6 heteroatoms. The summed E-state index contributed by atoms with van der Waals surface area (Å²) in [6.07, 6.45) is 0. The highest BCUT2D eigenvalue weighted by Gasteiger charge is 2.10. The minimum absolute atomic E-state index is 0.0889. The predicted octanol–water partition coefficient (Wildman–Crippen LogP) is 3.35. The summed E-state index contributed by atoms with van der Waals surface area (Å²) in [4.78, 5) is 31.1. The van der Waals surface area contributed by atoms with Crippen LogP contribution in [-0.2, 0) is 11.3 Å². The average Bonchev–Trinajstić information content (AvgIpc) is 2.54. The Morgan fingerprint density at radius 3 is 2.70 bits per heavy atom. The molecule has 0 amide bonds. The first-order valence-electron chi connectivity index (χ1n) is 6.96. The molecule has 1 aromatic heterocycles. The second-order valence-corrected chi connectivity index (χ2v) is 5.98. The third-order valence-corrected chi connectivity index (χ3v) is 3.94.